The van der Waals surface area contributed by atoms with Crippen LogP contribution in [0.25, 0.3) is 0 Å². The van der Waals surface area contributed by atoms with Crippen LogP contribution in [-0.4, -0.2) is 27.0 Å². The predicted molar refractivity (Wildman–Crippen MR) is 39.7 cm³/mol. The van der Waals surface area contributed by atoms with E-state index in [0.717, 1.165) is 14.2 Å². The van der Waals surface area contributed by atoms with Crippen LogP contribution in [0.1, 0.15) is 6.92 Å². The molecule has 7 heteroatoms. The van der Waals surface area contributed by atoms with Gasteiger partial charge in [-0.1, -0.05) is 0 Å². The van der Waals surface area contributed by atoms with E-state index in [2.05, 4.69) is 18.3 Å². The number of hydrogen-bond donors (Lipinski definition) is 0. The third-order valence-corrected chi connectivity index (χ3v) is 2.16. The van der Waals surface area contributed by atoms with Crippen molar-refractivity contribution in [1.82, 2.24) is 0 Å². The van der Waals surface area contributed by atoms with Gasteiger partial charge in [-0.25, -0.2) is 9.36 Å². The normalized spacial score (nSPS) is 10.9. The Hall–Kier alpha value is -0.580. The Bertz CT molecular complexity index is 182. The van der Waals surface area contributed by atoms with Gasteiger partial charge < -0.3 is 9.26 Å². The first-order chi connectivity index (χ1) is 5.58. The highest BCUT2D eigenvalue weighted by Gasteiger charge is 2.28. The van der Waals surface area contributed by atoms with Gasteiger partial charge in [0.2, 0.25) is 0 Å². The molecule has 0 aliphatic rings. The molecule has 0 bridgehead atoms. The summed E-state index contributed by atoms with van der Waals surface area (Å²) in [4.78, 5) is 10.6. The molecule has 0 rings (SSSR count). The molecule has 0 atom stereocenters. The number of carbonyl (C=O) groups excluding carboxylic acids is 1. The lowest BCUT2D eigenvalue weighted by molar-refractivity contribution is 0.0823. The smallest absolute Gasteiger partial charge is 0.434 e. The van der Waals surface area contributed by atoms with Gasteiger partial charge in [0.05, 0.1) is 6.61 Å². The number of carbonyl (C=O) groups is 1. The second-order valence-electron chi connectivity index (χ2n) is 1.59. The second kappa shape index (κ2) is 5.13. The largest absolute Gasteiger partial charge is 0.534 e. The Labute approximate surface area is 70.4 Å². The minimum absolute atomic E-state index is 0.131. The molecule has 0 aromatic rings. The predicted octanol–water partition coefficient (Wildman–Crippen LogP) is 1.56. The van der Waals surface area contributed by atoms with Crippen molar-refractivity contribution >= 4 is 14.0 Å². The van der Waals surface area contributed by atoms with E-state index in [0.29, 0.717) is 0 Å². The van der Waals surface area contributed by atoms with Crippen LogP contribution >= 0.6 is 7.82 Å². The summed E-state index contributed by atoms with van der Waals surface area (Å²) in [7, 11) is -1.54. The summed E-state index contributed by atoms with van der Waals surface area (Å²) in [5.74, 6) is 0. The molecule has 0 aliphatic heterocycles. The van der Waals surface area contributed by atoms with Crippen LogP contribution in [0.3, 0.4) is 0 Å². The van der Waals surface area contributed by atoms with Crippen molar-refractivity contribution in [3.63, 3.8) is 0 Å². The lowest BCUT2D eigenvalue weighted by Crippen LogP contribution is -2.06. The van der Waals surface area contributed by atoms with Crippen LogP contribution in [0.15, 0.2) is 0 Å². The molecule has 0 saturated carbocycles. The number of ether oxygens (including phenoxy) is 1. The van der Waals surface area contributed by atoms with Crippen LogP contribution < -0.4 is 0 Å². The van der Waals surface area contributed by atoms with Gasteiger partial charge in [-0.3, -0.25) is 9.05 Å². The summed E-state index contributed by atoms with van der Waals surface area (Å²) in [5, 5.41) is 0. The minimum atomic E-state index is -3.74. The Kier molecular flexibility index (Phi) is 4.89. The van der Waals surface area contributed by atoms with Gasteiger partial charge in [-0.05, 0) is 6.92 Å². The van der Waals surface area contributed by atoms with Crippen LogP contribution in [0.2, 0.25) is 0 Å². The Morgan fingerprint density at radius 3 is 2.17 bits per heavy atom. The van der Waals surface area contributed by atoms with Gasteiger partial charge in [0.25, 0.3) is 0 Å². The topological polar surface area (TPSA) is 71.1 Å². The van der Waals surface area contributed by atoms with Gasteiger partial charge in [0, 0.05) is 14.2 Å². The third-order valence-electron chi connectivity index (χ3n) is 0.896. The monoisotopic (exact) mass is 198 g/mol. The maximum Gasteiger partial charge on any atom is 0.534 e. The first-order valence-corrected chi connectivity index (χ1v) is 4.62. The summed E-state index contributed by atoms with van der Waals surface area (Å²) in [6, 6.07) is 0. The van der Waals surface area contributed by atoms with Crippen LogP contribution in [0.4, 0.5) is 4.79 Å². The fourth-order valence-electron chi connectivity index (χ4n) is 0.385. The molecule has 6 nitrogen and oxygen atoms in total. The Balaban J connectivity index is 4.03. The molecular formula is C5H11O6P. The summed E-state index contributed by atoms with van der Waals surface area (Å²) in [5.41, 5.74) is 0. The summed E-state index contributed by atoms with van der Waals surface area (Å²) < 4.78 is 28.3. The number of phosphoric acid groups is 1. The highest BCUT2D eigenvalue weighted by molar-refractivity contribution is 7.49. The summed E-state index contributed by atoms with van der Waals surface area (Å²) in [6.45, 7) is 1.72. The van der Waals surface area contributed by atoms with E-state index >= 15 is 0 Å². The third kappa shape index (κ3) is 3.71. The molecule has 0 radical (unpaired) electrons. The molecule has 0 spiro atoms. The Morgan fingerprint density at radius 1 is 1.33 bits per heavy atom. The zero-order valence-electron chi connectivity index (χ0n) is 7.10. The molecule has 0 fully saturated rings. The lowest BCUT2D eigenvalue weighted by atomic mass is 10.9. The summed E-state index contributed by atoms with van der Waals surface area (Å²) >= 11 is 0. The van der Waals surface area contributed by atoms with E-state index in [9.17, 15) is 9.36 Å². The molecule has 12 heavy (non-hydrogen) atoms. The van der Waals surface area contributed by atoms with E-state index in [1.54, 1.807) is 6.92 Å². The van der Waals surface area contributed by atoms with Crippen LogP contribution in [-0.2, 0) is 22.9 Å². The zero-order chi connectivity index (χ0) is 9.61. The fourth-order valence-corrected chi connectivity index (χ4v) is 0.918. The lowest BCUT2D eigenvalue weighted by Gasteiger charge is -2.11. The van der Waals surface area contributed by atoms with Gasteiger partial charge in [-0.2, -0.15) is 0 Å². The first-order valence-electron chi connectivity index (χ1n) is 3.15. The number of hydrogen-bond acceptors (Lipinski definition) is 6. The molecule has 0 N–H and O–H groups in total. The fraction of sp³-hybridized carbons (Fsp3) is 0.800. The Morgan fingerprint density at radius 2 is 1.83 bits per heavy atom. The average Bonchev–Trinajstić information content (AvgIpc) is 2.05. The first kappa shape index (κ1) is 11.4. The number of phosphoric ester groups is 1. The zero-order valence-corrected chi connectivity index (χ0v) is 8.00. The van der Waals surface area contributed by atoms with Crippen molar-refractivity contribution in [1.29, 1.82) is 0 Å². The van der Waals surface area contributed by atoms with Crippen molar-refractivity contribution < 1.29 is 27.7 Å². The standard InChI is InChI=1S/C5H11O6P/c1-4-10-5(6)11-12(7,8-2)9-3/h4H2,1-3H3. The van der Waals surface area contributed by atoms with Crippen molar-refractivity contribution in [2.24, 2.45) is 0 Å². The maximum absolute atomic E-state index is 11.1. The average molecular weight is 198 g/mol. The SMILES string of the molecule is CCOC(=O)OP(=O)(OC)OC. The minimum Gasteiger partial charge on any atom is -0.434 e. The van der Waals surface area contributed by atoms with Crippen molar-refractivity contribution in [3.8, 4) is 0 Å². The van der Waals surface area contributed by atoms with Crippen LogP contribution in [0.5, 0.6) is 0 Å². The van der Waals surface area contributed by atoms with Crippen molar-refractivity contribution in [2.45, 2.75) is 6.92 Å². The molecule has 0 unspecified atom stereocenters. The second-order valence-corrected chi connectivity index (χ2v) is 3.39. The van der Waals surface area contributed by atoms with E-state index in [4.69, 9.17) is 0 Å². The van der Waals surface area contributed by atoms with E-state index in [-0.39, 0.29) is 6.61 Å². The maximum atomic E-state index is 11.1. The number of rotatable bonds is 4. The van der Waals surface area contributed by atoms with Crippen molar-refractivity contribution in [3.05, 3.63) is 0 Å². The molecule has 72 valence electrons. The highest BCUT2D eigenvalue weighted by Crippen LogP contribution is 2.47. The summed E-state index contributed by atoms with van der Waals surface area (Å²) in [6.07, 6.45) is -1.08. The van der Waals surface area contributed by atoms with Crippen molar-refractivity contribution in [2.75, 3.05) is 20.8 Å². The molecule has 0 saturated heterocycles. The molecule has 0 amide bonds. The molecule has 0 heterocycles. The molecule has 0 aromatic heterocycles. The van der Waals surface area contributed by atoms with Gasteiger partial charge >= 0.3 is 14.0 Å². The molecular weight excluding hydrogens is 187 g/mol. The van der Waals surface area contributed by atoms with Gasteiger partial charge in [-0.15, -0.1) is 0 Å². The van der Waals surface area contributed by atoms with Gasteiger partial charge in [0.1, 0.15) is 0 Å². The van der Waals surface area contributed by atoms with Crippen LogP contribution in [0, 0.1) is 0 Å². The van der Waals surface area contributed by atoms with E-state index < -0.39 is 14.0 Å². The van der Waals surface area contributed by atoms with E-state index in [1.165, 1.54) is 0 Å². The van der Waals surface area contributed by atoms with E-state index in [1.807, 2.05) is 0 Å². The highest BCUT2D eigenvalue weighted by atomic mass is 31.2. The van der Waals surface area contributed by atoms with Gasteiger partial charge in [0.15, 0.2) is 0 Å². The quantitative estimate of drug-likeness (QED) is 0.504. The molecule has 0 aliphatic carbocycles. The molecule has 0 aromatic carbocycles.